The number of nitrogens with zero attached hydrogens (tertiary/aromatic N) is 2. The number of aromatic nitrogens is 1. The Balaban J connectivity index is 1.50. The number of Topliss-reactive ketones (excluding diaryl/α,β-unsaturated/α-hetero) is 1. The smallest absolute Gasteiger partial charge is 0.416 e. The molecular formula is C32H25F3N2O4. The minimum absolute atomic E-state index is 0.174. The molecule has 1 atom stereocenters. The molecule has 0 spiro atoms. The van der Waals surface area contributed by atoms with Crippen LogP contribution in [0.1, 0.15) is 39.4 Å². The van der Waals surface area contributed by atoms with Gasteiger partial charge in [-0.2, -0.15) is 13.2 Å². The lowest BCUT2D eigenvalue weighted by molar-refractivity contribution is -0.140. The quantitative estimate of drug-likeness (QED) is 0.157. The van der Waals surface area contributed by atoms with Gasteiger partial charge in [0.25, 0.3) is 11.7 Å². The zero-order valence-corrected chi connectivity index (χ0v) is 21.9. The van der Waals surface area contributed by atoms with E-state index >= 15 is 0 Å². The van der Waals surface area contributed by atoms with E-state index in [2.05, 4.69) is 4.98 Å². The van der Waals surface area contributed by atoms with Crippen LogP contribution >= 0.6 is 0 Å². The fourth-order valence-electron chi connectivity index (χ4n) is 4.82. The number of likely N-dealkylation sites (tertiary alicyclic amines) is 1. The molecule has 41 heavy (non-hydrogen) atoms. The van der Waals surface area contributed by atoms with Gasteiger partial charge in [0.1, 0.15) is 18.1 Å². The van der Waals surface area contributed by atoms with Crippen LogP contribution in [0, 0.1) is 6.92 Å². The molecular weight excluding hydrogens is 533 g/mol. The molecule has 1 aliphatic rings. The molecule has 1 fully saturated rings. The van der Waals surface area contributed by atoms with E-state index in [1.807, 2.05) is 30.3 Å². The number of ketones is 1. The third-order valence-electron chi connectivity index (χ3n) is 6.83. The first-order chi connectivity index (χ1) is 19.6. The Morgan fingerprint density at radius 1 is 0.951 bits per heavy atom. The van der Waals surface area contributed by atoms with Gasteiger partial charge in [-0.3, -0.25) is 14.6 Å². The molecule has 5 rings (SSSR count). The summed E-state index contributed by atoms with van der Waals surface area (Å²) in [5.74, 6) is -1.69. The highest BCUT2D eigenvalue weighted by Crippen LogP contribution is 2.41. The molecule has 9 heteroatoms. The highest BCUT2D eigenvalue weighted by molar-refractivity contribution is 6.46. The molecule has 0 aliphatic carbocycles. The van der Waals surface area contributed by atoms with Crippen molar-refractivity contribution in [1.29, 1.82) is 0 Å². The average molecular weight is 559 g/mol. The van der Waals surface area contributed by atoms with E-state index in [9.17, 15) is 27.9 Å². The zero-order chi connectivity index (χ0) is 29.1. The molecule has 1 N–H and O–H groups in total. The van der Waals surface area contributed by atoms with Crippen LogP contribution < -0.4 is 4.74 Å². The number of alkyl halides is 3. The van der Waals surface area contributed by atoms with E-state index in [1.54, 1.807) is 37.3 Å². The van der Waals surface area contributed by atoms with Crippen LogP contribution in [-0.4, -0.2) is 26.7 Å². The number of amides is 1. The zero-order valence-electron chi connectivity index (χ0n) is 21.9. The van der Waals surface area contributed by atoms with E-state index in [0.717, 1.165) is 22.6 Å². The molecule has 0 saturated carbocycles. The molecule has 2 heterocycles. The molecule has 1 aliphatic heterocycles. The van der Waals surface area contributed by atoms with Gasteiger partial charge >= 0.3 is 6.18 Å². The molecule has 6 nitrogen and oxygen atoms in total. The number of hydrogen-bond acceptors (Lipinski definition) is 5. The monoisotopic (exact) mass is 558 g/mol. The second kappa shape index (κ2) is 11.3. The van der Waals surface area contributed by atoms with Gasteiger partial charge in [-0.1, -0.05) is 48.5 Å². The van der Waals surface area contributed by atoms with Crippen molar-refractivity contribution in [2.45, 2.75) is 32.3 Å². The van der Waals surface area contributed by atoms with Crippen LogP contribution in [0.5, 0.6) is 5.75 Å². The van der Waals surface area contributed by atoms with Crippen molar-refractivity contribution in [1.82, 2.24) is 9.88 Å². The highest BCUT2D eigenvalue weighted by atomic mass is 19.4. The number of hydrogen-bond donors (Lipinski definition) is 1. The third kappa shape index (κ3) is 5.84. The number of aliphatic hydroxyl groups is 1. The van der Waals surface area contributed by atoms with Crippen molar-refractivity contribution in [2.75, 3.05) is 0 Å². The summed E-state index contributed by atoms with van der Waals surface area (Å²) < 4.78 is 45.9. The van der Waals surface area contributed by atoms with Gasteiger partial charge in [-0.05, 0) is 65.6 Å². The molecule has 1 aromatic heterocycles. The normalized spacial score (nSPS) is 16.7. The number of ether oxygens (including phenoxy) is 1. The summed E-state index contributed by atoms with van der Waals surface area (Å²) in [5, 5.41) is 11.4. The number of carbonyl (C=O) groups excluding carboxylic acids is 2. The molecule has 1 unspecified atom stereocenters. The van der Waals surface area contributed by atoms with Gasteiger partial charge in [0.05, 0.1) is 17.2 Å². The Morgan fingerprint density at radius 3 is 2.39 bits per heavy atom. The first kappa shape index (κ1) is 27.6. The summed E-state index contributed by atoms with van der Waals surface area (Å²) in [6.45, 7) is 1.85. The predicted octanol–water partition coefficient (Wildman–Crippen LogP) is 6.61. The van der Waals surface area contributed by atoms with E-state index in [0.29, 0.717) is 29.0 Å². The van der Waals surface area contributed by atoms with E-state index in [1.165, 1.54) is 24.5 Å². The lowest BCUT2D eigenvalue weighted by Crippen LogP contribution is -2.29. The van der Waals surface area contributed by atoms with Crippen LogP contribution in [0.15, 0.2) is 103 Å². The second-order valence-corrected chi connectivity index (χ2v) is 9.67. The van der Waals surface area contributed by atoms with Gasteiger partial charge in [0.15, 0.2) is 0 Å². The molecule has 1 saturated heterocycles. The van der Waals surface area contributed by atoms with Crippen LogP contribution in [0.4, 0.5) is 13.2 Å². The second-order valence-electron chi connectivity index (χ2n) is 9.67. The Morgan fingerprint density at radius 2 is 1.71 bits per heavy atom. The Hall–Kier alpha value is -4.92. The standard InChI is InChI=1S/C32H25F3N2O4/c1-20-15-23(12-13-26(20)41-19-21-7-3-2-4-8-21)29(38)27-28(24-10-6-14-36-17-24)37(31(40)30(27)39)18-22-9-5-11-25(16-22)32(33,34)35/h2-17,28,38H,18-19H2,1H3/b29-27+. The van der Waals surface area contributed by atoms with Crippen molar-refractivity contribution >= 4 is 17.4 Å². The summed E-state index contributed by atoms with van der Waals surface area (Å²) in [4.78, 5) is 31.8. The van der Waals surface area contributed by atoms with Gasteiger partial charge in [0, 0.05) is 24.5 Å². The van der Waals surface area contributed by atoms with E-state index < -0.39 is 35.2 Å². The Labute approximate surface area is 234 Å². The van der Waals surface area contributed by atoms with Gasteiger partial charge in [0.2, 0.25) is 0 Å². The van der Waals surface area contributed by atoms with Gasteiger partial charge < -0.3 is 14.7 Å². The van der Waals surface area contributed by atoms with Gasteiger partial charge in [-0.15, -0.1) is 0 Å². The van der Waals surface area contributed by atoms with Crippen molar-refractivity contribution in [2.24, 2.45) is 0 Å². The van der Waals surface area contributed by atoms with Crippen molar-refractivity contribution < 1.29 is 32.6 Å². The first-order valence-electron chi connectivity index (χ1n) is 12.8. The van der Waals surface area contributed by atoms with Crippen molar-refractivity contribution in [3.63, 3.8) is 0 Å². The first-order valence-corrected chi connectivity index (χ1v) is 12.8. The van der Waals surface area contributed by atoms with E-state index in [4.69, 9.17) is 4.74 Å². The largest absolute Gasteiger partial charge is 0.507 e. The molecule has 4 aromatic rings. The molecule has 208 valence electrons. The Kier molecular flexibility index (Phi) is 7.61. The predicted molar refractivity (Wildman–Crippen MR) is 145 cm³/mol. The highest BCUT2D eigenvalue weighted by Gasteiger charge is 2.46. The average Bonchev–Trinajstić information content (AvgIpc) is 3.21. The number of halogens is 3. The summed E-state index contributed by atoms with van der Waals surface area (Å²) in [6, 6.07) is 21.3. The molecule has 3 aromatic carbocycles. The maximum atomic E-state index is 13.3. The minimum Gasteiger partial charge on any atom is -0.507 e. The van der Waals surface area contributed by atoms with E-state index in [-0.39, 0.29) is 17.7 Å². The van der Waals surface area contributed by atoms with Crippen LogP contribution in [0.3, 0.4) is 0 Å². The SMILES string of the molecule is Cc1cc(/C(O)=C2\C(=O)C(=O)N(Cc3cccc(C(F)(F)F)c3)C2c2cccnc2)ccc1OCc1ccccc1. The number of benzene rings is 3. The Bertz CT molecular complexity index is 1620. The summed E-state index contributed by atoms with van der Waals surface area (Å²) in [6.07, 6.45) is -1.60. The number of aliphatic hydroxyl groups excluding tert-OH is 1. The lowest BCUT2D eigenvalue weighted by Gasteiger charge is -2.25. The number of aryl methyl sites for hydroxylation is 1. The van der Waals surface area contributed by atoms with Crippen molar-refractivity contribution in [3.05, 3.63) is 136 Å². The number of pyridine rings is 1. The van der Waals surface area contributed by atoms with Crippen LogP contribution in [0.2, 0.25) is 0 Å². The number of carbonyl (C=O) groups is 2. The molecule has 1 amide bonds. The maximum absolute atomic E-state index is 13.3. The fraction of sp³-hybridized carbons (Fsp3) is 0.156. The van der Waals surface area contributed by atoms with Crippen molar-refractivity contribution in [3.8, 4) is 5.75 Å². The topological polar surface area (TPSA) is 79.7 Å². The maximum Gasteiger partial charge on any atom is 0.416 e. The summed E-state index contributed by atoms with van der Waals surface area (Å²) in [7, 11) is 0. The van der Waals surface area contributed by atoms with Crippen LogP contribution in [-0.2, 0) is 28.9 Å². The van der Waals surface area contributed by atoms with Crippen LogP contribution in [0.25, 0.3) is 5.76 Å². The fourth-order valence-corrected chi connectivity index (χ4v) is 4.82. The van der Waals surface area contributed by atoms with Gasteiger partial charge in [-0.25, -0.2) is 0 Å². The minimum atomic E-state index is -4.57. The summed E-state index contributed by atoms with van der Waals surface area (Å²) >= 11 is 0. The number of rotatable bonds is 7. The lowest BCUT2D eigenvalue weighted by atomic mass is 9.95. The third-order valence-corrected chi connectivity index (χ3v) is 6.83. The summed E-state index contributed by atoms with van der Waals surface area (Å²) in [5.41, 5.74) is 1.55. The molecule has 0 radical (unpaired) electrons. The molecule has 0 bridgehead atoms.